The third kappa shape index (κ3) is 3.82. The summed E-state index contributed by atoms with van der Waals surface area (Å²) in [4.78, 5) is 26.3. The first kappa shape index (κ1) is 18.6. The maximum absolute atomic E-state index is 13.0. The van der Waals surface area contributed by atoms with Crippen molar-refractivity contribution >= 4 is 23.3 Å². The number of alkyl halides is 3. The van der Waals surface area contributed by atoms with E-state index < -0.39 is 43.1 Å². The number of urea groups is 1. The Morgan fingerprint density at radius 3 is 2.42 bits per heavy atom. The number of hydrogen-bond acceptors (Lipinski definition) is 3. The number of nitrogens with one attached hydrogen (secondary N) is 1. The molecule has 1 aliphatic heterocycles. The van der Waals surface area contributed by atoms with E-state index in [0.29, 0.717) is 0 Å². The average molecular weight is 364 g/mol. The molecule has 0 radical (unpaired) electrons. The van der Waals surface area contributed by atoms with E-state index in [1.165, 1.54) is 0 Å². The molecular formula is C15H19F3N2O3S. The lowest BCUT2D eigenvalue weighted by molar-refractivity contribution is -0.187. The van der Waals surface area contributed by atoms with Gasteiger partial charge in [-0.3, -0.25) is 4.79 Å². The highest BCUT2D eigenvalue weighted by atomic mass is 32.1. The molecule has 1 unspecified atom stereocenters. The van der Waals surface area contributed by atoms with E-state index in [0.717, 1.165) is 20.2 Å². The Hall–Kier alpha value is -1.77. The third-order valence-corrected chi connectivity index (χ3v) is 5.21. The number of carboxylic acid groups (broad SMARTS) is 1. The molecule has 0 saturated carbocycles. The Kier molecular flexibility index (Phi) is 5.12. The standard InChI is InChI=1S/C15H19F3N2O3S/c1-7-4-10(9(3)24-7)8(2)19-14(23)20-5-11(13(21)22)12(6-20)15(16,17)18/h4,8,11-12H,5-6H2,1-3H3,(H,19,23)(H,21,22)/t8?,11-,12-/m1/s1. The minimum atomic E-state index is -4.65. The van der Waals surface area contributed by atoms with Gasteiger partial charge in [-0.05, 0) is 32.4 Å². The number of thiophene rings is 1. The quantitative estimate of drug-likeness (QED) is 0.864. The van der Waals surface area contributed by atoms with Gasteiger partial charge in [-0.15, -0.1) is 11.3 Å². The van der Waals surface area contributed by atoms with Gasteiger partial charge >= 0.3 is 18.2 Å². The van der Waals surface area contributed by atoms with Gasteiger partial charge in [0.15, 0.2) is 0 Å². The predicted molar refractivity (Wildman–Crippen MR) is 83.0 cm³/mol. The van der Waals surface area contributed by atoms with Gasteiger partial charge in [0.1, 0.15) is 0 Å². The zero-order chi connectivity index (χ0) is 18.2. The number of carbonyl (C=O) groups excluding carboxylic acids is 1. The second kappa shape index (κ2) is 6.62. The van der Waals surface area contributed by atoms with Gasteiger partial charge in [0, 0.05) is 22.8 Å². The van der Waals surface area contributed by atoms with Crippen LogP contribution in [-0.4, -0.2) is 41.3 Å². The van der Waals surface area contributed by atoms with Crippen LogP contribution >= 0.6 is 11.3 Å². The van der Waals surface area contributed by atoms with Gasteiger partial charge in [0.25, 0.3) is 0 Å². The molecule has 1 aromatic rings. The normalized spacial score (nSPS) is 22.5. The Balaban J connectivity index is 2.08. The molecule has 0 aromatic carbocycles. The van der Waals surface area contributed by atoms with E-state index in [1.807, 2.05) is 19.9 Å². The summed E-state index contributed by atoms with van der Waals surface area (Å²) in [5.74, 6) is -5.21. The lowest BCUT2D eigenvalue weighted by atomic mass is 9.96. The number of carbonyl (C=O) groups is 2. The molecule has 1 saturated heterocycles. The summed E-state index contributed by atoms with van der Waals surface area (Å²) in [7, 11) is 0. The van der Waals surface area contributed by atoms with Crippen molar-refractivity contribution in [2.24, 2.45) is 11.8 Å². The third-order valence-electron chi connectivity index (χ3n) is 4.23. The zero-order valence-corrected chi connectivity index (χ0v) is 14.3. The van der Waals surface area contributed by atoms with Gasteiger partial charge in [-0.1, -0.05) is 0 Å². The van der Waals surface area contributed by atoms with Crippen LogP contribution in [0.2, 0.25) is 0 Å². The van der Waals surface area contributed by atoms with E-state index in [1.54, 1.807) is 18.3 Å². The largest absolute Gasteiger partial charge is 0.481 e. The first-order valence-corrected chi connectivity index (χ1v) is 8.24. The van der Waals surface area contributed by atoms with Crippen LogP contribution in [0, 0.1) is 25.7 Å². The fourth-order valence-electron chi connectivity index (χ4n) is 2.99. The molecule has 24 heavy (non-hydrogen) atoms. The number of nitrogens with zero attached hydrogens (tertiary/aromatic N) is 1. The number of aliphatic carboxylic acids is 1. The zero-order valence-electron chi connectivity index (χ0n) is 13.5. The van der Waals surface area contributed by atoms with E-state index in [9.17, 15) is 22.8 Å². The van der Waals surface area contributed by atoms with Crippen LogP contribution in [-0.2, 0) is 4.79 Å². The van der Waals surface area contributed by atoms with Crippen LogP contribution < -0.4 is 5.32 Å². The highest BCUT2D eigenvalue weighted by Crippen LogP contribution is 2.38. The molecule has 2 rings (SSSR count). The van der Waals surface area contributed by atoms with E-state index >= 15 is 0 Å². The number of likely N-dealkylation sites (tertiary alicyclic amines) is 1. The monoisotopic (exact) mass is 364 g/mol. The lowest BCUT2D eigenvalue weighted by Crippen LogP contribution is -2.40. The Labute approximate surface area is 141 Å². The van der Waals surface area contributed by atoms with Crippen molar-refractivity contribution in [1.82, 2.24) is 10.2 Å². The summed E-state index contributed by atoms with van der Waals surface area (Å²) in [5.41, 5.74) is 0.909. The summed E-state index contributed by atoms with van der Waals surface area (Å²) >= 11 is 1.57. The van der Waals surface area contributed by atoms with Gasteiger partial charge in [0.05, 0.1) is 17.9 Å². The molecule has 0 spiro atoms. The minimum Gasteiger partial charge on any atom is -0.481 e. The lowest BCUT2D eigenvalue weighted by Gasteiger charge is -2.21. The number of rotatable bonds is 3. The molecule has 5 nitrogen and oxygen atoms in total. The smallest absolute Gasteiger partial charge is 0.394 e. The van der Waals surface area contributed by atoms with E-state index in [-0.39, 0.29) is 6.04 Å². The molecule has 1 fully saturated rings. The number of amides is 2. The predicted octanol–water partition coefficient (Wildman–Crippen LogP) is 3.33. The summed E-state index contributed by atoms with van der Waals surface area (Å²) in [6.07, 6.45) is -4.65. The van der Waals surface area contributed by atoms with Crippen LogP contribution in [0.3, 0.4) is 0 Å². The summed E-state index contributed by atoms with van der Waals surface area (Å²) in [5, 5.41) is 11.6. The molecule has 2 heterocycles. The maximum atomic E-state index is 13.0. The second-order valence-electron chi connectivity index (χ2n) is 6.04. The van der Waals surface area contributed by atoms with Crippen molar-refractivity contribution in [2.75, 3.05) is 13.1 Å². The van der Waals surface area contributed by atoms with E-state index in [2.05, 4.69) is 5.32 Å². The Bertz CT molecular complexity index is 644. The highest BCUT2D eigenvalue weighted by molar-refractivity contribution is 7.12. The number of hydrogen-bond donors (Lipinski definition) is 2. The van der Waals surface area contributed by atoms with Crippen molar-refractivity contribution in [1.29, 1.82) is 0 Å². The maximum Gasteiger partial charge on any atom is 0.394 e. The number of aryl methyl sites for hydroxylation is 2. The van der Waals surface area contributed by atoms with Gasteiger partial charge in [0.2, 0.25) is 0 Å². The molecule has 1 aromatic heterocycles. The topological polar surface area (TPSA) is 69.6 Å². The molecule has 2 amide bonds. The van der Waals surface area contributed by atoms with Gasteiger partial charge in [-0.25, -0.2) is 4.79 Å². The molecular weight excluding hydrogens is 345 g/mol. The van der Waals surface area contributed by atoms with E-state index in [4.69, 9.17) is 5.11 Å². The molecule has 2 N–H and O–H groups in total. The van der Waals surface area contributed by atoms with Crippen LogP contribution in [0.5, 0.6) is 0 Å². The number of carboxylic acids is 1. The van der Waals surface area contributed by atoms with Crippen molar-refractivity contribution in [3.63, 3.8) is 0 Å². The molecule has 3 atom stereocenters. The Morgan fingerprint density at radius 2 is 2.00 bits per heavy atom. The molecule has 0 bridgehead atoms. The van der Waals surface area contributed by atoms with Crippen molar-refractivity contribution in [3.05, 3.63) is 21.4 Å². The first-order valence-electron chi connectivity index (χ1n) is 7.42. The fourth-order valence-corrected chi connectivity index (χ4v) is 4.01. The van der Waals surface area contributed by atoms with Crippen molar-refractivity contribution in [2.45, 2.75) is 33.0 Å². The van der Waals surface area contributed by atoms with Gasteiger partial charge < -0.3 is 15.3 Å². The van der Waals surface area contributed by atoms with Crippen LogP contribution in [0.1, 0.15) is 28.3 Å². The summed E-state index contributed by atoms with van der Waals surface area (Å²) < 4.78 is 38.9. The SMILES string of the molecule is Cc1cc(C(C)NC(=O)N2C[C@@H](C(F)(F)F)[C@H](C(=O)O)C2)c(C)s1. The molecule has 134 valence electrons. The van der Waals surface area contributed by atoms with Gasteiger partial charge in [-0.2, -0.15) is 13.2 Å². The highest BCUT2D eigenvalue weighted by Gasteiger charge is 2.53. The van der Waals surface area contributed by atoms with Crippen molar-refractivity contribution in [3.8, 4) is 0 Å². The Morgan fingerprint density at radius 1 is 1.38 bits per heavy atom. The second-order valence-corrected chi connectivity index (χ2v) is 7.50. The molecule has 9 heteroatoms. The fraction of sp³-hybridized carbons (Fsp3) is 0.600. The van der Waals surface area contributed by atoms with Crippen molar-refractivity contribution < 1.29 is 27.9 Å². The first-order chi connectivity index (χ1) is 11.0. The summed E-state index contributed by atoms with van der Waals surface area (Å²) in [6, 6.07) is 0.882. The number of halogens is 3. The minimum absolute atomic E-state index is 0.365. The van der Waals surface area contributed by atoms with Crippen LogP contribution in [0.15, 0.2) is 6.07 Å². The van der Waals surface area contributed by atoms with Crippen LogP contribution in [0.4, 0.5) is 18.0 Å². The molecule has 1 aliphatic rings. The summed E-state index contributed by atoms with van der Waals surface area (Å²) in [6.45, 7) is 4.51. The average Bonchev–Trinajstić information content (AvgIpc) is 3.01. The van der Waals surface area contributed by atoms with Crippen LogP contribution in [0.25, 0.3) is 0 Å². The molecule has 0 aliphatic carbocycles.